The quantitative estimate of drug-likeness (QED) is 0.752. The summed E-state index contributed by atoms with van der Waals surface area (Å²) in [5, 5.41) is 7.66. The number of nitrogens with two attached hydrogens (primary N) is 1. The molecule has 0 aliphatic carbocycles. The van der Waals surface area contributed by atoms with Crippen molar-refractivity contribution in [2.75, 3.05) is 12.8 Å². The fraction of sp³-hybridized carbons (Fsp3) is 0.125. The SMILES string of the molecule is COc1ccc(-n2nnc(-c3ccc(Cl)cc3C(F)(F)F)c2N)cc1. The van der Waals surface area contributed by atoms with Crippen molar-refractivity contribution in [3.8, 4) is 22.7 Å². The van der Waals surface area contributed by atoms with E-state index in [2.05, 4.69) is 10.3 Å². The smallest absolute Gasteiger partial charge is 0.417 e. The Bertz CT molecular complexity index is 907. The van der Waals surface area contributed by atoms with Crippen LogP contribution in [0.25, 0.3) is 16.9 Å². The van der Waals surface area contributed by atoms with Crippen LogP contribution >= 0.6 is 11.6 Å². The second kappa shape index (κ2) is 6.29. The molecule has 0 saturated heterocycles. The Morgan fingerprint density at radius 2 is 1.80 bits per heavy atom. The molecular weight excluding hydrogens is 357 g/mol. The van der Waals surface area contributed by atoms with Gasteiger partial charge in [-0.1, -0.05) is 22.9 Å². The minimum Gasteiger partial charge on any atom is -0.497 e. The van der Waals surface area contributed by atoms with Crippen molar-refractivity contribution in [3.05, 3.63) is 53.1 Å². The summed E-state index contributed by atoms with van der Waals surface area (Å²) < 4.78 is 46.2. The Labute approximate surface area is 145 Å². The fourth-order valence-electron chi connectivity index (χ4n) is 2.35. The number of benzene rings is 2. The van der Waals surface area contributed by atoms with Gasteiger partial charge in [0.05, 0.1) is 18.4 Å². The number of ether oxygens (including phenoxy) is 1. The zero-order valence-electron chi connectivity index (χ0n) is 12.9. The first kappa shape index (κ1) is 17.1. The van der Waals surface area contributed by atoms with Crippen molar-refractivity contribution in [2.24, 2.45) is 0 Å². The minimum atomic E-state index is -4.60. The highest BCUT2D eigenvalue weighted by Crippen LogP contribution is 2.39. The molecule has 3 aromatic rings. The van der Waals surface area contributed by atoms with Gasteiger partial charge in [0.15, 0.2) is 5.82 Å². The van der Waals surface area contributed by atoms with Gasteiger partial charge in [0, 0.05) is 10.6 Å². The molecule has 25 heavy (non-hydrogen) atoms. The minimum absolute atomic E-state index is 0.0158. The number of nitrogens with zero attached hydrogens (tertiary/aromatic N) is 3. The van der Waals surface area contributed by atoms with Gasteiger partial charge >= 0.3 is 6.18 Å². The highest BCUT2D eigenvalue weighted by atomic mass is 35.5. The first-order valence-corrected chi connectivity index (χ1v) is 7.42. The highest BCUT2D eigenvalue weighted by molar-refractivity contribution is 6.30. The van der Waals surface area contributed by atoms with Crippen molar-refractivity contribution >= 4 is 17.4 Å². The van der Waals surface area contributed by atoms with Crippen LogP contribution in [0, 0.1) is 0 Å². The van der Waals surface area contributed by atoms with Crippen molar-refractivity contribution < 1.29 is 17.9 Å². The summed E-state index contributed by atoms with van der Waals surface area (Å²) in [5.41, 5.74) is 5.36. The zero-order valence-corrected chi connectivity index (χ0v) is 13.6. The Morgan fingerprint density at radius 1 is 1.12 bits per heavy atom. The molecule has 0 atom stereocenters. The molecule has 5 nitrogen and oxygen atoms in total. The van der Waals surface area contributed by atoms with E-state index in [1.165, 1.54) is 23.9 Å². The number of aromatic nitrogens is 3. The van der Waals surface area contributed by atoms with Gasteiger partial charge in [-0.3, -0.25) is 0 Å². The van der Waals surface area contributed by atoms with Crippen LogP contribution in [0.5, 0.6) is 5.75 Å². The molecule has 2 N–H and O–H groups in total. The lowest BCUT2D eigenvalue weighted by atomic mass is 10.0. The van der Waals surface area contributed by atoms with Crippen LogP contribution < -0.4 is 10.5 Å². The van der Waals surface area contributed by atoms with E-state index in [9.17, 15) is 13.2 Å². The molecule has 0 bridgehead atoms. The first-order valence-electron chi connectivity index (χ1n) is 7.04. The molecule has 0 amide bonds. The van der Waals surface area contributed by atoms with Gasteiger partial charge in [-0.05, 0) is 36.4 Å². The Hall–Kier alpha value is -2.74. The number of halogens is 4. The maximum atomic E-state index is 13.3. The number of hydrogen-bond acceptors (Lipinski definition) is 4. The van der Waals surface area contributed by atoms with Crippen molar-refractivity contribution in [1.82, 2.24) is 15.0 Å². The summed E-state index contributed by atoms with van der Waals surface area (Å²) >= 11 is 5.70. The van der Waals surface area contributed by atoms with E-state index < -0.39 is 11.7 Å². The number of anilines is 1. The lowest BCUT2D eigenvalue weighted by Gasteiger charge is -2.12. The summed E-state index contributed by atoms with van der Waals surface area (Å²) in [6.45, 7) is 0. The van der Waals surface area contributed by atoms with Crippen LogP contribution in [0.15, 0.2) is 42.5 Å². The maximum Gasteiger partial charge on any atom is 0.417 e. The van der Waals surface area contributed by atoms with E-state index in [0.29, 0.717) is 11.4 Å². The normalized spacial score (nSPS) is 11.6. The van der Waals surface area contributed by atoms with Crippen LogP contribution in [-0.4, -0.2) is 22.1 Å². The van der Waals surface area contributed by atoms with Crippen LogP contribution in [-0.2, 0) is 6.18 Å². The predicted octanol–water partition coefficient (Wildman–Crippen LogP) is 4.20. The maximum absolute atomic E-state index is 13.3. The van der Waals surface area contributed by atoms with E-state index in [0.717, 1.165) is 6.07 Å². The van der Waals surface area contributed by atoms with Gasteiger partial charge in [-0.25, -0.2) is 0 Å². The van der Waals surface area contributed by atoms with Crippen molar-refractivity contribution in [2.45, 2.75) is 6.18 Å². The van der Waals surface area contributed by atoms with Crippen molar-refractivity contribution in [3.63, 3.8) is 0 Å². The van der Waals surface area contributed by atoms with Gasteiger partial charge in [0.1, 0.15) is 11.4 Å². The molecule has 0 radical (unpaired) electrons. The van der Waals surface area contributed by atoms with E-state index in [-0.39, 0.29) is 22.1 Å². The Balaban J connectivity index is 2.10. The zero-order chi connectivity index (χ0) is 18.2. The molecule has 0 saturated carbocycles. The molecule has 0 unspecified atom stereocenters. The number of methoxy groups -OCH3 is 1. The summed E-state index contributed by atoms with van der Waals surface area (Å²) in [6.07, 6.45) is -4.60. The molecule has 3 rings (SSSR count). The molecule has 0 aliphatic heterocycles. The number of nitrogen functional groups attached to an aromatic ring is 1. The second-order valence-electron chi connectivity index (χ2n) is 5.12. The topological polar surface area (TPSA) is 66.0 Å². The third kappa shape index (κ3) is 3.25. The van der Waals surface area contributed by atoms with Gasteiger partial charge in [-0.2, -0.15) is 17.9 Å². The lowest BCUT2D eigenvalue weighted by molar-refractivity contribution is -0.137. The monoisotopic (exact) mass is 368 g/mol. The summed E-state index contributed by atoms with van der Waals surface area (Å²) in [7, 11) is 1.52. The van der Waals surface area contributed by atoms with E-state index >= 15 is 0 Å². The molecule has 1 heterocycles. The van der Waals surface area contributed by atoms with Gasteiger partial charge in [0.2, 0.25) is 0 Å². The molecule has 0 aliphatic rings. The van der Waals surface area contributed by atoms with E-state index in [4.69, 9.17) is 22.1 Å². The molecular formula is C16H12ClF3N4O. The van der Waals surface area contributed by atoms with Crippen LogP contribution in [0.3, 0.4) is 0 Å². The van der Waals surface area contributed by atoms with Gasteiger partial charge in [0.25, 0.3) is 0 Å². The van der Waals surface area contributed by atoms with Gasteiger partial charge < -0.3 is 10.5 Å². The number of rotatable bonds is 3. The summed E-state index contributed by atoms with van der Waals surface area (Å²) in [4.78, 5) is 0. The molecule has 1 aromatic heterocycles. The predicted molar refractivity (Wildman–Crippen MR) is 87.8 cm³/mol. The average molecular weight is 369 g/mol. The molecule has 0 fully saturated rings. The van der Waals surface area contributed by atoms with E-state index in [1.807, 2.05) is 0 Å². The Kier molecular flexibility index (Phi) is 4.30. The van der Waals surface area contributed by atoms with Crippen LogP contribution in [0.1, 0.15) is 5.56 Å². The number of hydrogen-bond donors (Lipinski definition) is 1. The van der Waals surface area contributed by atoms with E-state index in [1.54, 1.807) is 24.3 Å². The second-order valence-corrected chi connectivity index (χ2v) is 5.56. The molecule has 9 heteroatoms. The highest BCUT2D eigenvalue weighted by Gasteiger charge is 2.35. The van der Waals surface area contributed by atoms with Gasteiger partial charge in [-0.15, -0.1) is 5.10 Å². The molecule has 0 spiro atoms. The number of alkyl halides is 3. The fourth-order valence-corrected chi connectivity index (χ4v) is 2.52. The Morgan fingerprint density at radius 3 is 2.40 bits per heavy atom. The van der Waals surface area contributed by atoms with Crippen LogP contribution in [0.2, 0.25) is 5.02 Å². The van der Waals surface area contributed by atoms with Crippen LogP contribution in [0.4, 0.5) is 19.0 Å². The third-order valence-corrected chi connectivity index (χ3v) is 3.80. The standard InChI is InChI=1S/C16H12ClF3N4O/c1-25-11-5-3-10(4-6-11)24-15(21)14(22-23-24)12-7-2-9(17)8-13(12)16(18,19)20/h2-8H,21H2,1H3. The largest absolute Gasteiger partial charge is 0.497 e. The van der Waals surface area contributed by atoms with Crippen molar-refractivity contribution in [1.29, 1.82) is 0 Å². The summed E-state index contributed by atoms with van der Waals surface area (Å²) in [5.74, 6) is 0.609. The average Bonchev–Trinajstić information content (AvgIpc) is 2.95. The lowest BCUT2D eigenvalue weighted by Crippen LogP contribution is -2.08. The molecule has 130 valence electrons. The third-order valence-electron chi connectivity index (χ3n) is 3.56. The molecule has 2 aromatic carbocycles. The summed E-state index contributed by atoms with van der Waals surface area (Å²) in [6, 6.07) is 10.1. The first-order chi connectivity index (χ1) is 11.8.